The molecule has 0 amide bonds. The van der Waals surface area contributed by atoms with Gasteiger partial charge in [0, 0.05) is 32.3 Å². The van der Waals surface area contributed by atoms with Crippen LogP contribution in [0.5, 0.6) is 5.75 Å². The van der Waals surface area contributed by atoms with Gasteiger partial charge in [-0.3, -0.25) is 5.01 Å². The highest BCUT2D eigenvalue weighted by Gasteiger charge is 2.24. The molecule has 1 aliphatic heterocycles. The van der Waals surface area contributed by atoms with Crippen LogP contribution in [-0.4, -0.2) is 57.8 Å². The Hall–Kier alpha value is -2.95. The smallest absolute Gasteiger partial charge is 0.191 e. The van der Waals surface area contributed by atoms with Gasteiger partial charge in [0.05, 0.1) is 25.5 Å². The van der Waals surface area contributed by atoms with Gasteiger partial charge in [0.25, 0.3) is 0 Å². The van der Waals surface area contributed by atoms with Crippen molar-refractivity contribution in [3.8, 4) is 5.75 Å². The molecule has 3 heterocycles. The van der Waals surface area contributed by atoms with Gasteiger partial charge in [-0.25, -0.2) is 19.3 Å². The Morgan fingerprint density at radius 3 is 2.61 bits per heavy atom. The molecule has 1 saturated heterocycles. The minimum Gasteiger partial charge on any atom is -0.494 e. The highest BCUT2D eigenvalue weighted by Crippen LogP contribution is 2.30. The van der Waals surface area contributed by atoms with Crippen LogP contribution < -0.4 is 9.64 Å². The molecule has 1 fully saturated rings. The summed E-state index contributed by atoms with van der Waals surface area (Å²) in [7, 11) is 3.40. The number of piperazine rings is 1. The number of ether oxygens (including phenoxy) is 1. The summed E-state index contributed by atoms with van der Waals surface area (Å²) in [5.41, 5.74) is 2.34. The van der Waals surface area contributed by atoms with Gasteiger partial charge in [-0.2, -0.15) is 0 Å². The molecule has 0 unspecified atom stereocenters. The van der Waals surface area contributed by atoms with Crippen molar-refractivity contribution >= 4 is 28.7 Å². The fourth-order valence-electron chi connectivity index (χ4n) is 3.61. The second kappa shape index (κ2) is 9.04. The summed E-state index contributed by atoms with van der Waals surface area (Å²) >= 11 is 1.44. The van der Waals surface area contributed by atoms with E-state index in [1.54, 1.807) is 6.07 Å². The zero-order valence-electron chi connectivity index (χ0n) is 17.7. The van der Waals surface area contributed by atoms with Crippen LogP contribution >= 0.6 is 11.8 Å². The lowest BCUT2D eigenvalue weighted by atomic mass is 10.2. The van der Waals surface area contributed by atoms with E-state index in [-0.39, 0.29) is 5.75 Å². The molecule has 0 aliphatic carbocycles. The second-order valence-electron chi connectivity index (χ2n) is 7.22. The standard InChI is InChI=1S/C20H24FN7O2S/c1-4-16-22-17-18(26(16)2)23-20(24-19(17)27-7-9-28(25-29)10-8-27)31-12-13-5-6-15(30-3)14(21)11-13/h5-6,11H,4,7-10,12H2,1-3H3. The highest BCUT2D eigenvalue weighted by atomic mass is 32.2. The maximum absolute atomic E-state index is 14.0. The lowest BCUT2D eigenvalue weighted by Crippen LogP contribution is -2.44. The number of hydrogen-bond acceptors (Lipinski definition) is 8. The molecule has 0 spiro atoms. The van der Waals surface area contributed by atoms with E-state index >= 15 is 0 Å². The molecular formula is C20H24FN7O2S. The first-order valence-electron chi connectivity index (χ1n) is 10.1. The number of anilines is 1. The highest BCUT2D eigenvalue weighted by molar-refractivity contribution is 7.98. The van der Waals surface area contributed by atoms with E-state index in [1.807, 2.05) is 17.7 Å². The Bertz CT molecular complexity index is 1100. The van der Waals surface area contributed by atoms with Crippen molar-refractivity contribution in [3.63, 3.8) is 0 Å². The molecule has 11 heteroatoms. The van der Waals surface area contributed by atoms with Crippen molar-refractivity contribution in [2.24, 2.45) is 12.3 Å². The number of benzene rings is 1. The summed E-state index contributed by atoms with van der Waals surface area (Å²) in [5.74, 6) is 2.04. The van der Waals surface area contributed by atoms with Gasteiger partial charge < -0.3 is 14.2 Å². The number of aromatic nitrogens is 4. The number of halogens is 1. The fraction of sp³-hybridized carbons (Fsp3) is 0.450. The van der Waals surface area contributed by atoms with Crippen molar-refractivity contribution in [1.29, 1.82) is 0 Å². The maximum atomic E-state index is 14.0. The molecule has 0 N–H and O–H groups in total. The molecule has 4 rings (SSSR count). The topological polar surface area (TPSA) is 88.7 Å². The minimum absolute atomic E-state index is 0.222. The lowest BCUT2D eigenvalue weighted by Gasteiger charge is -2.32. The second-order valence-corrected chi connectivity index (χ2v) is 8.17. The van der Waals surface area contributed by atoms with Gasteiger partial charge in [0.15, 0.2) is 33.7 Å². The van der Waals surface area contributed by atoms with E-state index in [4.69, 9.17) is 19.7 Å². The van der Waals surface area contributed by atoms with Crippen molar-refractivity contribution in [2.75, 3.05) is 38.2 Å². The van der Waals surface area contributed by atoms with Crippen LogP contribution in [0.25, 0.3) is 11.2 Å². The van der Waals surface area contributed by atoms with Crippen LogP contribution in [0.2, 0.25) is 0 Å². The predicted molar refractivity (Wildman–Crippen MR) is 118 cm³/mol. The molecule has 1 aromatic carbocycles. The van der Waals surface area contributed by atoms with E-state index in [0.29, 0.717) is 37.1 Å². The number of thioether (sulfide) groups is 1. The van der Waals surface area contributed by atoms with Crippen molar-refractivity contribution in [3.05, 3.63) is 40.3 Å². The number of methoxy groups -OCH3 is 1. The third-order valence-electron chi connectivity index (χ3n) is 5.34. The number of nitrogens with zero attached hydrogens (tertiary/aromatic N) is 7. The van der Waals surface area contributed by atoms with Crippen LogP contribution in [0.3, 0.4) is 0 Å². The number of nitroso groups, excluding NO2 is 1. The van der Waals surface area contributed by atoms with Crippen LogP contribution in [0.1, 0.15) is 18.3 Å². The summed E-state index contributed by atoms with van der Waals surface area (Å²) in [6.45, 7) is 4.39. The molecule has 0 atom stereocenters. The Balaban J connectivity index is 1.65. The third kappa shape index (κ3) is 4.27. The zero-order chi connectivity index (χ0) is 22.0. The average Bonchev–Trinajstić information content (AvgIpc) is 3.13. The normalized spacial score (nSPS) is 14.3. The van der Waals surface area contributed by atoms with Crippen molar-refractivity contribution < 1.29 is 9.13 Å². The monoisotopic (exact) mass is 445 g/mol. The third-order valence-corrected chi connectivity index (χ3v) is 6.26. The van der Waals surface area contributed by atoms with Gasteiger partial charge in [0.2, 0.25) is 0 Å². The molecule has 0 saturated carbocycles. The Morgan fingerprint density at radius 1 is 1.19 bits per heavy atom. The predicted octanol–water partition coefficient (Wildman–Crippen LogP) is 3.17. The average molecular weight is 446 g/mol. The molecule has 3 aromatic rings. The summed E-state index contributed by atoms with van der Waals surface area (Å²) in [6, 6.07) is 4.92. The molecule has 31 heavy (non-hydrogen) atoms. The van der Waals surface area contributed by atoms with Crippen LogP contribution in [0.4, 0.5) is 10.2 Å². The molecule has 0 bridgehead atoms. The molecule has 1 aliphatic rings. The van der Waals surface area contributed by atoms with Gasteiger partial charge in [0.1, 0.15) is 5.82 Å². The largest absolute Gasteiger partial charge is 0.494 e. The van der Waals surface area contributed by atoms with Gasteiger partial charge in [-0.05, 0) is 17.7 Å². The summed E-state index contributed by atoms with van der Waals surface area (Å²) in [5, 5.41) is 5.14. The van der Waals surface area contributed by atoms with Crippen molar-refractivity contribution in [1.82, 2.24) is 24.5 Å². The zero-order valence-corrected chi connectivity index (χ0v) is 18.5. The van der Waals surface area contributed by atoms with E-state index in [2.05, 4.69) is 17.1 Å². The summed E-state index contributed by atoms with van der Waals surface area (Å²) in [4.78, 5) is 27.2. The molecular weight excluding hydrogens is 421 g/mol. The summed E-state index contributed by atoms with van der Waals surface area (Å²) in [6.07, 6.45) is 0.780. The molecule has 9 nitrogen and oxygen atoms in total. The molecule has 164 valence electrons. The van der Waals surface area contributed by atoms with Gasteiger partial charge >= 0.3 is 0 Å². The first-order chi connectivity index (χ1) is 15.0. The van der Waals surface area contributed by atoms with Gasteiger partial charge in [-0.15, -0.1) is 4.91 Å². The van der Waals surface area contributed by atoms with Crippen molar-refractivity contribution in [2.45, 2.75) is 24.3 Å². The number of imidazole rings is 1. The minimum atomic E-state index is -0.390. The van der Waals surface area contributed by atoms with Crippen LogP contribution in [-0.2, 0) is 19.2 Å². The number of hydrogen-bond donors (Lipinski definition) is 0. The number of rotatable bonds is 7. The van der Waals surface area contributed by atoms with Crippen LogP contribution in [0.15, 0.2) is 28.6 Å². The lowest BCUT2D eigenvalue weighted by molar-refractivity contribution is 0.266. The Morgan fingerprint density at radius 2 is 1.97 bits per heavy atom. The number of aryl methyl sites for hydroxylation is 2. The first-order valence-corrected chi connectivity index (χ1v) is 11.0. The van der Waals surface area contributed by atoms with E-state index < -0.39 is 5.82 Å². The first kappa shape index (κ1) is 21.3. The van der Waals surface area contributed by atoms with Gasteiger partial charge in [-0.1, -0.05) is 24.8 Å². The van der Waals surface area contributed by atoms with Crippen LogP contribution in [0, 0.1) is 10.7 Å². The number of fused-ring (bicyclic) bond motifs is 1. The quantitative estimate of drug-likeness (QED) is 0.311. The van der Waals surface area contributed by atoms with E-state index in [0.717, 1.165) is 34.8 Å². The summed E-state index contributed by atoms with van der Waals surface area (Å²) < 4.78 is 21.0. The Labute approximate surface area is 183 Å². The maximum Gasteiger partial charge on any atom is 0.191 e. The fourth-order valence-corrected chi connectivity index (χ4v) is 4.39. The molecule has 0 radical (unpaired) electrons. The Kier molecular flexibility index (Phi) is 6.21. The SMILES string of the molecule is CCc1nc2c(N3CCN(N=O)CC3)nc(SCc3ccc(OC)c(F)c3)nc2n1C. The molecule has 2 aromatic heterocycles. The van der Waals surface area contributed by atoms with E-state index in [1.165, 1.54) is 29.9 Å². The van der Waals surface area contributed by atoms with E-state index in [9.17, 15) is 9.30 Å².